The fourth-order valence-corrected chi connectivity index (χ4v) is 1.16. The summed E-state index contributed by atoms with van der Waals surface area (Å²) in [5.41, 5.74) is 5.42. The molecule has 0 spiro atoms. The standard InChI is InChI=1S/C10H10F5NO/c11-9(12,13)10(14,15)17-8-4-2-1-3-7(8)5-6-16/h1-4H,5-6,16H2. The largest absolute Gasteiger partial charge is 0.499 e. The van der Waals surface area contributed by atoms with Gasteiger partial charge >= 0.3 is 12.3 Å². The van der Waals surface area contributed by atoms with Gasteiger partial charge in [0.25, 0.3) is 0 Å². The highest BCUT2D eigenvalue weighted by Crippen LogP contribution is 2.38. The minimum absolute atomic E-state index is 0.123. The van der Waals surface area contributed by atoms with Gasteiger partial charge in [-0.3, -0.25) is 0 Å². The van der Waals surface area contributed by atoms with E-state index in [9.17, 15) is 22.0 Å². The molecule has 2 nitrogen and oxygen atoms in total. The topological polar surface area (TPSA) is 35.2 Å². The molecule has 0 saturated carbocycles. The van der Waals surface area contributed by atoms with Crippen molar-refractivity contribution in [2.45, 2.75) is 18.7 Å². The van der Waals surface area contributed by atoms with Crippen molar-refractivity contribution >= 4 is 0 Å². The fraction of sp³-hybridized carbons (Fsp3) is 0.400. The van der Waals surface area contributed by atoms with Crippen LogP contribution in [-0.4, -0.2) is 18.8 Å². The molecular weight excluding hydrogens is 245 g/mol. The van der Waals surface area contributed by atoms with Gasteiger partial charge in [0.15, 0.2) is 0 Å². The predicted octanol–water partition coefficient (Wildman–Crippen LogP) is 2.72. The lowest BCUT2D eigenvalue weighted by Crippen LogP contribution is -2.42. The molecule has 0 unspecified atom stereocenters. The molecule has 0 aliphatic rings. The molecule has 2 N–H and O–H groups in total. The third kappa shape index (κ3) is 3.29. The highest BCUT2D eigenvalue weighted by molar-refractivity contribution is 5.33. The predicted molar refractivity (Wildman–Crippen MR) is 50.8 cm³/mol. The van der Waals surface area contributed by atoms with Crippen molar-refractivity contribution in [3.63, 3.8) is 0 Å². The number of ether oxygens (including phenoxy) is 1. The van der Waals surface area contributed by atoms with Gasteiger partial charge in [-0.25, -0.2) is 0 Å². The fourth-order valence-electron chi connectivity index (χ4n) is 1.16. The molecule has 0 aliphatic carbocycles. The number of halogens is 5. The molecule has 0 amide bonds. The Morgan fingerprint density at radius 1 is 1.06 bits per heavy atom. The maximum Gasteiger partial charge on any atom is 0.499 e. The molecule has 0 bridgehead atoms. The van der Waals surface area contributed by atoms with Crippen LogP contribution >= 0.6 is 0 Å². The Morgan fingerprint density at radius 2 is 1.65 bits per heavy atom. The van der Waals surface area contributed by atoms with E-state index in [4.69, 9.17) is 5.73 Å². The Kier molecular flexibility index (Phi) is 3.92. The average Bonchev–Trinajstić information content (AvgIpc) is 2.19. The number of hydrogen-bond donors (Lipinski definition) is 1. The summed E-state index contributed by atoms with van der Waals surface area (Å²) in [6.45, 7) is 0.123. The van der Waals surface area contributed by atoms with E-state index in [-0.39, 0.29) is 18.5 Å². The molecule has 0 fully saturated rings. The first-order valence-corrected chi connectivity index (χ1v) is 4.69. The van der Waals surface area contributed by atoms with Crippen LogP contribution in [0.5, 0.6) is 5.75 Å². The quantitative estimate of drug-likeness (QED) is 0.839. The van der Waals surface area contributed by atoms with Gasteiger partial charge in [-0.2, -0.15) is 22.0 Å². The molecule has 0 saturated heterocycles. The third-order valence-corrected chi connectivity index (χ3v) is 1.95. The molecule has 1 aromatic carbocycles. The van der Waals surface area contributed by atoms with Gasteiger partial charge in [-0.15, -0.1) is 0 Å². The zero-order valence-electron chi connectivity index (χ0n) is 8.60. The van der Waals surface area contributed by atoms with Crippen LogP contribution in [0.3, 0.4) is 0 Å². The molecule has 1 aromatic rings. The Balaban J connectivity index is 2.95. The smallest absolute Gasteiger partial charge is 0.425 e. The first-order chi connectivity index (χ1) is 7.78. The zero-order chi connectivity index (χ0) is 13.1. The number of rotatable bonds is 4. The Labute approximate surface area is 94.2 Å². The van der Waals surface area contributed by atoms with Crippen LogP contribution < -0.4 is 10.5 Å². The summed E-state index contributed by atoms with van der Waals surface area (Å²) < 4.78 is 64.9. The molecular formula is C10H10F5NO. The second-order valence-corrected chi connectivity index (χ2v) is 3.26. The second-order valence-electron chi connectivity index (χ2n) is 3.26. The summed E-state index contributed by atoms with van der Waals surface area (Å²) >= 11 is 0. The molecule has 96 valence electrons. The number of para-hydroxylation sites is 1. The van der Waals surface area contributed by atoms with E-state index in [0.717, 1.165) is 6.07 Å². The van der Waals surface area contributed by atoms with Gasteiger partial charge < -0.3 is 10.5 Å². The van der Waals surface area contributed by atoms with Crippen LogP contribution in [0.1, 0.15) is 5.56 Å². The number of alkyl halides is 5. The second kappa shape index (κ2) is 4.87. The first-order valence-electron chi connectivity index (χ1n) is 4.69. The maximum atomic E-state index is 12.7. The number of nitrogens with two attached hydrogens (primary N) is 1. The first kappa shape index (κ1) is 13.7. The van der Waals surface area contributed by atoms with Gasteiger partial charge in [0.1, 0.15) is 5.75 Å². The summed E-state index contributed by atoms with van der Waals surface area (Å²) in [6, 6.07) is 5.24. The van der Waals surface area contributed by atoms with E-state index in [1.807, 2.05) is 0 Å². The van der Waals surface area contributed by atoms with Crippen molar-refractivity contribution in [3.8, 4) is 5.75 Å². The summed E-state index contributed by atoms with van der Waals surface area (Å²) in [6.07, 6.45) is -10.8. The van der Waals surface area contributed by atoms with E-state index in [1.54, 1.807) is 0 Å². The summed E-state index contributed by atoms with van der Waals surface area (Å²) in [5, 5.41) is 0. The molecule has 7 heteroatoms. The van der Waals surface area contributed by atoms with Gasteiger partial charge in [-0.05, 0) is 24.6 Å². The molecule has 0 atom stereocenters. The minimum Gasteiger partial charge on any atom is -0.425 e. The Morgan fingerprint density at radius 3 is 2.18 bits per heavy atom. The zero-order valence-corrected chi connectivity index (χ0v) is 8.60. The van der Waals surface area contributed by atoms with Crippen molar-refractivity contribution in [1.82, 2.24) is 0 Å². The van der Waals surface area contributed by atoms with Gasteiger partial charge in [0.2, 0.25) is 0 Å². The minimum atomic E-state index is -5.75. The lowest BCUT2D eigenvalue weighted by atomic mass is 10.1. The van der Waals surface area contributed by atoms with Crippen molar-refractivity contribution in [2.75, 3.05) is 6.54 Å². The van der Waals surface area contributed by atoms with Gasteiger partial charge in [-0.1, -0.05) is 18.2 Å². The van der Waals surface area contributed by atoms with E-state index in [0.29, 0.717) is 0 Å². The number of hydrogen-bond acceptors (Lipinski definition) is 2. The summed E-state index contributed by atoms with van der Waals surface area (Å²) in [7, 11) is 0. The Hall–Kier alpha value is -1.37. The summed E-state index contributed by atoms with van der Waals surface area (Å²) in [4.78, 5) is 0. The average molecular weight is 255 g/mol. The molecule has 0 aliphatic heterocycles. The maximum absolute atomic E-state index is 12.7. The summed E-state index contributed by atoms with van der Waals surface area (Å²) in [5.74, 6) is -0.514. The molecule has 17 heavy (non-hydrogen) atoms. The molecule has 0 aromatic heterocycles. The normalized spacial score (nSPS) is 12.6. The number of benzene rings is 1. The molecule has 0 heterocycles. The van der Waals surface area contributed by atoms with Crippen molar-refractivity contribution < 1.29 is 26.7 Å². The van der Waals surface area contributed by atoms with Crippen LogP contribution in [0, 0.1) is 0 Å². The SMILES string of the molecule is NCCc1ccccc1OC(F)(F)C(F)(F)F. The monoisotopic (exact) mass is 255 g/mol. The Bertz CT molecular complexity index is 377. The van der Waals surface area contributed by atoms with E-state index < -0.39 is 18.0 Å². The van der Waals surface area contributed by atoms with Crippen molar-refractivity contribution in [1.29, 1.82) is 0 Å². The lowest BCUT2D eigenvalue weighted by Gasteiger charge is -2.21. The van der Waals surface area contributed by atoms with Crippen molar-refractivity contribution in [2.24, 2.45) is 5.73 Å². The highest BCUT2D eigenvalue weighted by atomic mass is 19.4. The van der Waals surface area contributed by atoms with Crippen LogP contribution in [0.4, 0.5) is 22.0 Å². The van der Waals surface area contributed by atoms with Crippen LogP contribution in [0.2, 0.25) is 0 Å². The van der Waals surface area contributed by atoms with Crippen LogP contribution in [-0.2, 0) is 6.42 Å². The van der Waals surface area contributed by atoms with E-state index in [1.165, 1.54) is 18.2 Å². The van der Waals surface area contributed by atoms with Gasteiger partial charge in [0.05, 0.1) is 0 Å². The van der Waals surface area contributed by atoms with E-state index >= 15 is 0 Å². The third-order valence-electron chi connectivity index (χ3n) is 1.95. The lowest BCUT2D eigenvalue weighted by molar-refractivity contribution is -0.360. The highest BCUT2D eigenvalue weighted by Gasteiger charge is 2.61. The van der Waals surface area contributed by atoms with Crippen molar-refractivity contribution in [3.05, 3.63) is 29.8 Å². The van der Waals surface area contributed by atoms with E-state index in [2.05, 4.69) is 4.74 Å². The van der Waals surface area contributed by atoms with Crippen LogP contribution in [0.15, 0.2) is 24.3 Å². The van der Waals surface area contributed by atoms with Gasteiger partial charge in [0, 0.05) is 0 Å². The van der Waals surface area contributed by atoms with Crippen LogP contribution in [0.25, 0.3) is 0 Å². The molecule has 0 radical (unpaired) electrons. The molecule has 1 rings (SSSR count).